The smallest absolute Gasteiger partial charge is 0.119 e. The highest BCUT2D eigenvalue weighted by atomic mass is 16.5. The molecule has 0 aliphatic carbocycles. The van der Waals surface area contributed by atoms with Crippen LogP contribution in [-0.2, 0) is 0 Å². The predicted octanol–water partition coefficient (Wildman–Crippen LogP) is 1.46. The molecule has 0 spiro atoms. The standard InChI is InChI=1S/C14H18N2O2/c1-2-3-8-16-10-13(17)11-18-14-6-4-12(9-15)5-7-14/h2,4-7,13,16-17H,1,3,8,10-11H2. The molecule has 0 saturated carbocycles. The summed E-state index contributed by atoms with van der Waals surface area (Å²) in [7, 11) is 0. The molecule has 0 bridgehead atoms. The van der Waals surface area contributed by atoms with E-state index in [0.29, 0.717) is 17.9 Å². The lowest BCUT2D eigenvalue weighted by Crippen LogP contribution is -2.31. The number of rotatable bonds is 8. The average Bonchev–Trinajstić information content (AvgIpc) is 2.42. The second-order valence-corrected chi connectivity index (χ2v) is 3.88. The summed E-state index contributed by atoms with van der Waals surface area (Å²) in [5.74, 6) is 0.652. The van der Waals surface area contributed by atoms with Gasteiger partial charge in [0, 0.05) is 6.54 Å². The van der Waals surface area contributed by atoms with Gasteiger partial charge in [0.15, 0.2) is 0 Å². The Kier molecular flexibility index (Phi) is 6.55. The van der Waals surface area contributed by atoms with Gasteiger partial charge in [-0.05, 0) is 37.2 Å². The van der Waals surface area contributed by atoms with Crippen molar-refractivity contribution in [3.05, 3.63) is 42.5 Å². The van der Waals surface area contributed by atoms with Crippen molar-refractivity contribution in [2.45, 2.75) is 12.5 Å². The molecular formula is C14H18N2O2. The Bertz CT molecular complexity index is 395. The van der Waals surface area contributed by atoms with E-state index in [1.54, 1.807) is 24.3 Å². The van der Waals surface area contributed by atoms with Crippen molar-refractivity contribution in [1.29, 1.82) is 5.26 Å². The van der Waals surface area contributed by atoms with Crippen LogP contribution in [0.1, 0.15) is 12.0 Å². The Balaban J connectivity index is 2.22. The van der Waals surface area contributed by atoms with Crippen molar-refractivity contribution in [2.24, 2.45) is 0 Å². The zero-order chi connectivity index (χ0) is 13.2. The summed E-state index contributed by atoms with van der Waals surface area (Å²) < 4.78 is 5.40. The van der Waals surface area contributed by atoms with E-state index in [9.17, 15) is 5.11 Å². The summed E-state index contributed by atoms with van der Waals surface area (Å²) in [6, 6.07) is 8.84. The normalized spacial score (nSPS) is 11.6. The van der Waals surface area contributed by atoms with Crippen LogP contribution in [0, 0.1) is 11.3 Å². The van der Waals surface area contributed by atoms with E-state index in [0.717, 1.165) is 13.0 Å². The molecule has 0 fully saturated rings. The maximum absolute atomic E-state index is 9.64. The molecule has 2 N–H and O–H groups in total. The van der Waals surface area contributed by atoms with E-state index in [1.807, 2.05) is 12.1 Å². The summed E-state index contributed by atoms with van der Waals surface area (Å²) in [6.07, 6.45) is 2.15. The van der Waals surface area contributed by atoms with E-state index in [4.69, 9.17) is 10.00 Å². The summed E-state index contributed by atoms with van der Waals surface area (Å²) in [4.78, 5) is 0. The van der Waals surface area contributed by atoms with Gasteiger partial charge in [0.25, 0.3) is 0 Å². The zero-order valence-corrected chi connectivity index (χ0v) is 10.3. The second-order valence-electron chi connectivity index (χ2n) is 3.88. The number of nitrogens with zero attached hydrogens (tertiary/aromatic N) is 1. The topological polar surface area (TPSA) is 65.3 Å². The molecule has 1 atom stereocenters. The Morgan fingerprint density at radius 3 is 2.78 bits per heavy atom. The first-order valence-corrected chi connectivity index (χ1v) is 5.89. The zero-order valence-electron chi connectivity index (χ0n) is 10.3. The van der Waals surface area contributed by atoms with Crippen molar-refractivity contribution < 1.29 is 9.84 Å². The van der Waals surface area contributed by atoms with Crippen molar-refractivity contribution in [3.8, 4) is 11.8 Å². The molecule has 0 aliphatic heterocycles. The van der Waals surface area contributed by atoms with Gasteiger partial charge < -0.3 is 15.2 Å². The molecule has 0 radical (unpaired) electrons. The molecule has 0 aromatic heterocycles. The van der Waals surface area contributed by atoms with E-state index in [1.165, 1.54) is 0 Å². The third-order valence-electron chi connectivity index (χ3n) is 2.33. The summed E-state index contributed by atoms with van der Waals surface area (Å²) in [5, 5.41) is 21.4. The molecule has 1 aromatic carbocycles. The Morgan fingerprint density at radius 1 is 1.44 bits per heavy atom. The fraction of sp³-hybridized carbons (Fsp3) is 0.357. The lowest BCUT2D eigenvalue weighted by atomic mass is 10.2. The van der Waals surface area contributed by atoms with Gasteiger partial charge in [-0.15, -0.1) is 6.58 Å². The molecule has 1 aromatic rings. The molecule has 0 aliphatic rings. The van der Waals surface area contributed by atoms with Gasteiger partial charge in [0.05, 0.1) is 11.6 Å². The molecule has 1 rings (SSSR count). The van der Waals surface area contributed by atoms with Crippen molar-refractivity contribution in [2.75, 3.05) is 19.7 Å². The number of aliphatic hydroxyl groups is 1. The van der Waals surface area contributed by atoms with Crippen LogP contribution >= 0.6 is 0 Å². The van der Waals surface area contributed by atoms with Crippen molar-refractivity contribution >= 4 is 0 Å². The van der Waals surface area contributed by atoms with Gasteiger partial charge in [-0.3, -0.25) is 0 Å². The van der Waals surface area contributed by atoms with E-state index >= 15 is 0 Å². The van der Waals surface area contributed by atoms with E-state index in [-0.39, 0.29) is 6.61 Å². The molecular weight excluding hydrogens is 228 g/mol. The quantitative estimate of drug-likeness (QED) is 0.538. The SMILES string of the molecule is C=CCCNCC(O)COc1ccc(C#N)cc1. The predicted molar refractivity (Wildman–Crippen MR) is 70.3 cm³/mol. The number of aliphatic hydroxyl groups excluding tert-OH is 1. The molecule has 0 saturated heterocycles. The molecule has 4 heteroatoms. The third-order valence-corrected chi connectivity index (χ3v) is 2.33. The minimum Gasteiger partial charge on any atom is -0.491 e. The van der Waals surface area contributed by atoms with Crippen molar-refractivity contribution in [1.82, 2.24) is 5.32 Å². The van der Waals surface area contributed by atoms with Gasteiger partial charge in [0.2, 0.25) is 0 Å². The van der Waals surface area contributed by atoms with Crippen LogP contribution in [0.3, 0.4) is 0 Å². The Labute approximate surface area is 108 Å². The summed E-state index contributed by atoms with van der Waals surface area (Å²) >= 11 is 0. The van der Waals surface area contributed by atoms with Crippen LogP contribution < -0.4 is 10.1 Å². The minimum atomic E-state index is -0.551. The van der Waals surface area contributed by atoms with Crippen LogP contribution in [0.25, 0.3) is 0 Å². The van der Waals surface area contributed by atoms with Crippen LogP contribution in [0.4, 0.5) is 0 Å². The highest BCUT2D eigenvalue weighted by molar-refractivity contribution is 5.34. The van der Waals surface area contributed by atoms with Crippen LogP contribution in [0.15, 0.2) is 36.9 Å². The number of nitrogens with one attached hydrogen (secondary N) is 1. The molecule has 4 nitrogen and oxygen atoms in total. The van der Waals surface area contributed by atoms with Gasteiger partial charge >= 0.3 is 0 Å². The minimum absolute atomic E-state index is 0.229. The summed E-state index contributed by atoms with van der Waals surface area (Å²) in [6.45, 7) is 5.14. The van der Waals surface area contributed by atoms with Gasteiger partial charge in [0.1, 0.15) is 18.5 Å². The first-order valence-electron chi connectivity index (χ1n) is 5.89. The maximum atomic E-state index is 9.64. The van der Waals surface area contributed by atoms with E-state index < -0.39 is 6.10 Å². The fourth-order valence-corrected chi connectivity index (χ4v) is 1.35. The number of benzene rings is 1. The number of nitriles is 1. The lowest BCUT2D eigenvalue weighted by molar-refractivity contribution is 0.107. The first kappa shape index (κ1) is 14.2. The maximum Gasteiger partial charge on any atom is 0.119 e. The second kappa shape index (κ2) is 8.29. The van der Waals surface area contributed by atoms with Crippen LogP contribution in [0.5, 0.6) is 5.75 Å². The number of hydrogen-bond donors (Lipinski definition) is 2. The number of hydrogen-bond acceptors (Lipinski definition) is 4. The highest BCUT2D eigenvalue weighted by Crippen LogP contribution is 2.11. The largest absolute Gasteiger partial charge is 0.491 e. The van der Waals surface area contributed by atoms with E-state index in [2.05, 4.69) is 11.9 Å². The van der Waals surface area contributed by atoms with Gasteiger partial charge in [-0.25, -0.2) is 0 Å². The van der Waals surface area contributed by atoms with Crippen LogP contribution in [-0.4, -0.2) is 30.9 Å². The average molecular weight is 246 g/mol. The monoisotopic (exact) mass is 246 g/mol. The Hall–Kier alpha value is -1.83. The number of ether oxygens (including phenoxy) is 1. The molecule has 0 amide bonds. The highest BCUT2D eigenvalue weighted by Gasteiger charge is 2.04. The van der Waals surface area contributed by atoms with Crippen molar-refractivity contribution in [3.63, 3.8) is 0 Å². The summed E-state index contributed by atoms with van der Waals surface area (Å²) in [5.41, 5.74) is 0.592. The fourth-order valence-electron chi connectivity index (χ4n) is 1.35. The Morgan fingerprint density at radius 2 is 2.17 bits per heavy atom. The van der Waals surface area contributed by atoms with Gasteiger partial charge in [-0.2, -0.15) is 5.26 Å². The van der Waals surface area contributed by atoms with Gasteiger partial charge in [-0.1, -0.05) is 6.08 Å². The molecule has 0 heterocycles. The first-order chi connectivity index (χ1) is 8.76. The van der Waals surface area contributed by atoms with Crippen LogP contribution in [0.2, 0.25) is 0 Å². The third kappa shape index (κ3) is 5.48. The lowest BCUT2D eigenvalue weighted by Gasteiger charge is -2.12. The molecule has 1 unspecified atom stereocenters. The molecule has 18 heavy (non-hydrogen) atoms. The molecule has 96 valence electrons.